The molecule has 2 rings (SSSR count). The number of hydrogen-bond donors (Lipinski definition) is 0. The van der Waals surface area contributed by atoms with Crippen LogP contribution in [0.3, 0.4) is 0 Å². The maximum absolute atomic E-state index is 6.55. The van der Waals surface area contributed by atoms with Gasteiger partial charge in [-0.3, -0.25) is 0 Å². The van der Waals surface area contributed by atoms with Crippen molar-refractivity contribution in [3.8, 4) is 0 Å². The molecule has 0 aromatic rings. The van der Waals surface area contributed by atoms with Crippen LogP contribution in [0.4, 0.5) is 0 Å². The third-order valence-corrected chi connectivity index (χ3v) is 5.06. The van der Waals surface area contributed by atoms with Crippen LogP contribution < -0.4 is 0 Å². The van der Waals surface area contributed by atoms with Crippen molar-refractivity contribution < 1.29 is 4.43 Å². The van der Waals surface area contributed by atoms with Crippen LogP contribution in [-0.2, 0) is 4.43 Å². The van der Waals surface area contributed by atoms with Crippen molar-refractivity contribution in [2.45, 2.75) is 64.8 Å². The number of hydrogen-bond acceptors (Lipinski definition) is 1. The Kier molecular flexibility index (Phi) is 2.79. The molecule has 0 radical (unpaired) electrons. The fourth-order valence-corrected chi connectivity index (χ4v) is 5.39. The van der Waals surface area contributed by atoms with Crippen LogP contribution in [-0.4, -0.2) is 13.9 Å². The Hall–Kier alpha value is 0.177. The van der Waals surface area contributed by atoms with Crippen molar-refractivity contribution in [2.75, 3.05) is 0 Å². The second-order valence-corrected chi connectivity index (χ2v) is 11.2. The first-order valence-corrected chi connectivity index (χ1v) is 9.98. The van der Waals surface area contributed by atoms with E-state index in [1.54, 1.807) is 0 Å². The van der Waals surface area contributed by atoms with Crippen LogP contribution in [0.1, 0.15) is 39.5 Å². The summed E-state index contributed by atoms with van der Waals surface area (Å²) in [5.41, 5.74) is 0.330. The molecular formula is C13H26OSi. The molecule has 1 nitrogen and oxygen atoms in total. The van der Waals surface area contributed by atoms with E-state index in [4.69, 9.17) is 4.43 Å². The molecule has 2 heteroatoms. The Morgan fingerprint density at radius 1 is 1.20 bits per heavy atom. The zero-order valence-electron chi connectivity index (χ0n) is 11.0. The first kappa shape index (κ1) is 11.7. The van der Waals surface area contributed by atoms with Gasteiger partial charge in [-0.2, -0.15) is 0 Å². The summed E-state index contributed by atoms with van der Waals surface area (Å²) in [6.07, 6.45) is 5.59. The molecule has 0 bridgehead atoms. The van der Waals surface area contributed by atoms with E-state index in [2.05, 4.69) is 33.5 Å². The van der Waals surface area contributed by atoms with Gasteiger partial charge in [0, 0.05) is 0 Å². The topological polar surface area (TPSA) is 9.23 Å². The molecule has 0 spiro atoms. The van der Waals surface area contributed by atoms with E-state index in [9.17, 15) is 0 Å². The molecule has 0 aromatic carbocycles. The Morgan fingerprint density at radius 3 is 2.40 bits per heavy atom. The largest absolute Gasteiger partial charge is 0.412 e. The molecule has 88 valence electrons. The van der Waals surface area contributed by atoms with Crippen molar-refractivity contribution in [2.24, 2.45) is 17.8 Å². The minimum atomic E-state index is -1.36. The highest BCUT2D eigenvalue weighted by atomic mass is 28.4. The maximum atomic E-state index is 6.55. The van der Waals surface area contributed by atoms with Crippen molar-refractivity contribution in [1.82, 2.24) is 0 Å². The van der Waals surface area contributed by atoms with E-state index in [0.29, 0.717) is 5.60 Å². The normalized spacial score (nSPS) is 40.4. The van der Waals surface area contributed by atoms with Gasteiger partial charge < -0.3 is 4.43 Å². The van der Waals surface area contributed by atoms with Crippen molar-refractivity contribution in [3.63, 3.8) is 0 Å². The molecule has 0 heterocycles. The Morgan fingerprint density at radius 2 is 1.87 bits per heavy atom. The first-order valence-electron chi connectivity index (χ1n) is 6.57. The summed E-state index contributed by atoms with van der Waals surface area (Å²) in [6, 6.07) is 0. The van der Waals surface area contributed by atoms with Crippen LogP contribution in [0.5, 0.6) is 0 Å². The summed E-state index contributed by atoms with van der Waals surface area (Å²) in [5.74, 6) is 2.58. The summed E-state index contributed by atoms with van der Waals surface area (Å²) >= 11 is 0. The van der Waals surface area contributed by atoms with Crippen LogP contribution in [0.15, 0.2) is 0 Å². The van der Waals surface area contributed by atoms with Gasteiger partial charge in [-0.1, -0.05) is 26.7 Å². The van der Waals surface area contributed by atoms with Crippen LogP contribution in [0, 0.1) is 17.8 Å². The summed E-state index contributed by atoms with van der Waals surface area (Å²) in [5, 5.41) is 0. The predicted octanol–water partition coefficient (Wildman–Crippen LogP) is 4.05. The Balaban J connectivity index is 2.11. The van der Waals surface area contributed by atoms with Gasteiger partial charge in [-0.15, -0.1) is 0 Å². The van der Waals surface area contributed by atoms with E-state index >= 15 is 0 Å². The van der Waals surface area contributed by atoms with Crippen molar-refractivity contribution in [3.05, 3.63) is 0 Å². The molecule has 0 N–H and O–H groups in total. The first-order chi connectivity index (χ1) is 6.87. The van der Waals surface area contributed by atoms with Gasteiger partial charge in [0.25, 0.3) is 0 Å². The second-order valence-electron chi connectivity index (χ2n) is 6.79. The van der Waals surface area contributed by atoms with E-state index in [1.165, 1.54) is 25.7 Å². The summed E-state index contributed by atoms with van der Waals surface area (Å²) in [6.45, 7) is 11.8. The molecule has 0 amide bonds. The van der Waals surface area contributed by atoms with Gasteiger partial charge in [0.2, 0.25) is 0 Å². The van der Waals surface area contributed by atoms with Gasteiger partial charge in [0.1, 0.15) is 0 Å². The summed E-state index contributed by atoms with van der Waals surface area (Å²) in [7, 11) is -1.36. The highest BCUT2D eigenvalue weighted by Gasteiger charge is 2.67. The monoisotopic (exact) mass is 226 g/mol. The Bertz CT molecular complexity index is 243. The molecule has 2 fully saturated rings. The lowest BCUT2D eigenvalue weighted by Crippen LogP contribution is -2.37. The third-order valence-electron chi connectivity index (χ3n) is 4.06. The smallest absolute Gasteiger partial charge is 0.184 e. The van der Waals surface area contributed by atoms with E-state index < -0.39 is 8.32 Å². The highest BCUT2D eigenvalue weighted by molar-refractivity contribution is 6.69. The fourth-order valence-electron chi connectivity index (χ4n) is 3.86. The molecule has 0 saturated heterocycles. The standard InChI is InChI=1S/C13H26OSi/c1-10(2)12-11-8-6-7-9-13(11,12)14-15(3,4)5/h10-12H,6-9H2,1-5H3/t11-,12-,13+/m0/s1. The molecule has 2 aliphatic carbocycles. The number of rotatable bonds is 3. The van der Waals surface area contributed by atoms with Crippen molar-refractivity contribution in [1.29, 1.82) is 0 Å². The number of fused-ring (bicyclic) bond motifs is 1. The summed E-state index contributed by atoms with van der Waals surface area (Å²) in [4.78, 5) is 0. The zero-order chi connectivity index (χ0) is 11.3. The SMILES string of the molecule is CC(C)[C@H]1[C@@H]2CCCC[C@@]21O[Si](C)(C)C. The van der Waals surface area contributed by atoms with Crippen LogP contribution in [0.2, 0.25) is 19.6 Å². The van der Waals surface area contributed by atoms with Gasteiger partial charge in [0.05, 0.1) is 5.60 Å². The van der Waals surface area contributed by atoms with Crippen LogP contribution in [0.25, 0.3) is 0 Å². The third kappa shape index (κ3) is 2.03. The van der Waals surface area contributed by atoms with Crippen LogP contribution >= 0.6 is 0 Å². The quantitative estimate of drug-likeness (QED) is 0.660. The van der Waals surface area contributed by atoms with E-state index in [1.807, 2.05) is 0 Å². The lowest BCUT2D eigenvalue weighted by Gasteiger charge is -2.31. The molecule has 2 saturated carbocycles. The lowest BCUT2D eigenvalue weighted by atomic mass is 9.98. The predicted molar refractivity (Wildman–Crippen MR) is 67.4 cm³/mol. The molecule has 3 atom stereocenters. The average Bonchev–Trinajstić information content (AvgIpc) is 2.68. The zero-order valence-corrected chi connectivity index (χ0v) is 12.0. The molecule has 0 unspecified atom stereocenters. The molecule has 2 aliphatic rings. The second kappa shape index (κ2) is 3.59. The molecule has 0 aromatic heterocycles. The van der Waals surface area contributed by atoms with E-state index in [-0.39, 0.29) is 0 Å². The maximum Gasteiger partial charge on any atom is 0.184 e. The van der Waals surface area contributed by atoms with Crippen molar-refractivity contribution >= 4 is 8.32 Å². The van der Waals surface area contributed by atoms with Gasteiger partial charge >= 0.3 is 0 Å². The minimum Gasteiger partial charge on any atom is -0.412 e. The Labute approximate surface area is 95.7 Å². The highest BCUT2D eigenvalue weighted by Crippen LogP contribution is 2.65. The lowest BCUT2D eigenvalue weighted by molar-refractivity contribution is 0.104. The molecule has 15 heavy (non-hydrogen) atoms. The molecule has 0 aliphatic heterocycles. The molecular weight excluding hydrogens is 200 g/mol. The van der Waals surface area contributed by atoms with Gasteiger partial charge in [-0.05, 0) is 50.2 Å². The fraction of sp³-hybridized carbons (Fsp3) is 1.00. The minimum absolute atomic E-state index is 0.330. The van der Waals surface area contributed by atoms with Gasteiger partial charge in [0.15, 0.2) is 8.32 Å². The van der Waals surface area contributed by atoms with E-state index in [0.717, 1.165) is 17.8 Å². The van der Waals surface area contributed by atoms with Gasteiger partial charge in [-0.25, -0.2) is 0 Å². The average molecular weight is 226 g/mol. The summed E-state index contributed by atoms with van der Waals surface area (Å²) < 4.78 is 6.55.